The lowest BCUT2D eigenvalue weighted by atomic mass is 10.1. The van der Waals surface area contributed by atoms with Crippen molar-refractivity contribution in [2.75, 3.05) is 33.8 Å². The van der Waals surface area contributed by atoms with Crippen LogP contribution >= 0.6 is 24.0 Å². The average molecular weight is 464 g/mol. The van der Waals surface area contributed by atoms with Crippen LogP contribution in [0.15, 0.2) is 23.2 Å². The largest absolute Gasteiger partial charge is 0.494 e. The molecule has 0 aliphatic carbocycles. The molecular weight excluding hydrogens is 434 g/mol. The summed E-state index contributed by atoms with van der Waals surface area (Å²) in [5.41, 5.74) is 0.856. The predicted octanol–water partition coefficient (Wildman–Crippen LogP) is 2.99. The van der Waals surface area contributed by atoms with Crippen molar-refractivity contribution in [2.45, 2.75) is 38.8 Å². The van der Waals surface area contributed by atoms with Gasteiger partial charge in [0.25, 0.3) is 0 Å². The molecule has 0 radical (unpaired) electrons. The van der Waals surface area contributed by atoms with Gasteiger partial charge in [-0.25, -0.2) is 4.39 Å². The standard InChI is InChI=1S/C18H29FN4O.HI/c1-4-9-23-10-7-15(8-11-23)22-18(20-2)21-13-14-5-6-17(24-3)16(19)12-14;/h5-6,12,15H,4,7-11,13H2,1-3H3,(H2,20,21,22);1H. The Bertz CT molecular complexity index is 548. The summed E-state index contributed by atoms with van der Waals surface area (Å²) in [7, 11) is 3.23. The summed E-state index contributed by atoms with van der Waals surface area (Å²) in [5.74, 6) is 0.684. The molecule has 1 aliphatic heterocycles. The number of hydrogen-bond donors (Lipinski definition) is 2. The molecule has 0 bridgehead atoms. The Hall–Kier alpha value is -1.09. The lowest BCUT2D eigenvalue weighted by molar-refractivity contribution is 0.206. The van der Waals surface area contributed by atoms with Gasteiger partial charge in [0.15, 0.2) is 17.5 Å². The van der Waals surface area contributed by atoms with Crippen LogP contribution in [0.1, 0.15) is 31.7 Å². The maximum absolute atomic E-state index is 13.7. The molecule has 0 atom stereocenters. The van der Waals surface area contributed by atoms with E-state index in [-0.39, 0.29) is 35.5 Å². The Kier molecular flexibility index (Phi) is 10.1. The highest BCUT2D eigenvalue weighted by atomic mass is 127. The molecule has 0 spiro atoms. The van der Waals surface area contributed by atoms with Gasteiger partial charge >= 0.3 is 0 Å². The molecule has 0 unspecified atom stereocenters. The third-order valence-electron chi connectivity index (χ3n) is 4.37. The van der Waals surface area contributed by atoms with Crippen molar-refractivity contribution in [3.8, 4) is 5.75 Å². The molecule has 0 aromatic heterocycles. The molecule has 142 valence electrons. The molecule has 1 aromatic carbocycles. The van der Waals surface area contributed by atoms with Gasteiger partial charge in [-0.05, 0) is 43.5 Å². The fourth-order valence-electron chi connectivity index (χ4n) is 3.01. The van der Waals surface area contributed by atoms with E-state index in [2.05, 4.69) is 27.4 Å². The van der Waals surface area contributed by atoms with Gasteiger partial charge in [0.2, 0.25) is 0 Å². The highest BCUT2D eigenvalue weighted by Crippen LogP contribution is 2.17. The van der Waals surface area contributed by atoms with Crippen LogP contribution in [0.2, 0.25) is 0 Å². The highest BCUT2D eigenvalue weighted by Gasteiger charge is 2.19. The first-order chi connectivity index (χ1) is 11.7. The molecule has 7 heteroatoms. The van der Waals surface area contributed by atoms with Gasteiger partial charge in [0.1, 0.15) is 0 Å². The van der Waals surface area contributed by atoms with Crippen LogP contribution in [0.3, 0.4) is 0 Å². The van der Waals surface area contributed by atoms with Crippen molar-refractivity contribution in [3.63, 3.8) is 0 Å². The number of aliphatic imine (C=N–C) groups is 1. The zero-order valence-electron chi connectivity index (χ0n) is 15.3. The van der Waals surface area contributed by atoms with Crippen LogP contribution in [-0.2, 0) is 6.54 Å². The normalized spacial score (nSPS) is 16.2. The number of guanidine groups is 1. The fraction of sp³-hybridized carbons (Fsp3) is 0.611. The summed E-state index contributed by atoms with van der Waals surface area (Å²) in [6, 6.07) is 5.43. The minimum atomic E-state index is -0.344. The second-order valence-electron chi connectivity index (χ2n) is 6.15. The Labute approximate surface area is 167 Å². The van der Waals surface area contributed by atoms with Crippen LogP contribution in [0.4, 0.5) is 4.39 Å². The lowest BCUT2D eigenvalue weighted by Gasteiger charge is -2.32. The maximum atomic E-state index is 13.7. The van der Waals surface area contributed by atoms with E-state index in [1.54, 1.807) is 13.1 Å². The monoisotopic (exact) mass is 464 g/mol. The number of piperidine rings is 1. The quantitative estimate of drug-likeness (QED) is 0.386. The molecule has 2 N–H and O–H groups in total. The molecule has 1 fully saturated rings. The SMILES string of the molecule is CCCN1CCC(NC(=NC)NCc2ccc(OC)c(F)c2)CC1.I. The van der Waals surface area contributed by atoms with Crippen molar-refractivity contribution in [1.82, 2.24) is 15.5 Å². The van der Waals surface area contributed by atoms with Gasteiger partial charge < -0.3 is 20.3 Å². The van der Waals surface area contributed by atoms with Gasteiger partial charge in [-0.3, -0.25) is 4.99 Å². The Balaban J connectivity index is 0.00000312. The summed E-state index contributed by atoms with van der Waals surface area (Å²) in [6.45, 7) is 6.19. The molecule has 1 aromatic rings. The zero-order valence-corrected chi connectivity index (χ0v) is 17.7. The summed E-state index contributed by atoms with van der Waals surface area (Å²) in [5, 5.41) is 6.72. The van der Waals surface area contributed by atoms with E-state index < -0.39 is 0 Å². The second kappa shape index (κ2) is 11.5. The zero-order chi connectivity index (χ0) is 17.4. The molecule has 1 aliphatic rings. The van der Waals surface area contributed by atoms with E-state index in [4.69, 9.17) is 4.74 Å². The third kappa shape index (κ3) is 6.97. The van der Waals surface area contributed by atoms with E-state index in [1.165, 1.54) is 26.1 Å². The van der Waals surface area contributed by atoms with Gasteiger partial charge in [-0.1, -0.05) is 13.0 Å². The number of benzene rings is 1. The lowest BCUT2D eigenvalue weighted by Crippen LogP contribution is -2.48. The topological polar surface area (TPSA) is 48.9 Å². The fourth-order valence-corrected chi connectivity index (χ4v) is 3.01. The van der Waals surface area contributed by atoms with Crippen LogP contribution in [0.25, 0.3) is 0 Å². The molecule has 25 heavy (non-hydrogen) atoms. The van der Waals surface area contributed by atoms with Crippen molar-refractivity contribution in [2.24, 2.45) is 4.99 Å². The van der Waals surface area contributed by atoms with Crippen LogP contribution in [0, 0.1) is 5.82 Å². The Morgan fingerprint density at radius 3 is 2.64 bits per heavy atom. The summed E-state index contributed by atoms with van der Waals surface area (Å²) in [4.78, 5) is 6.78. The second-order valence-corrected chi connectivity index (χ2v) is 6.15. The number of likely N-dealkylation sites (tertiary alicyclic amines) is 1. The van der Waals surface area contributed by atoms with Gasteiger partial charge in [0, 0.05) is 32.7 Å². The van der Waals surface area contributed by atoms with E-state index >= 15 is 0 Å². The first-order valence-corrected chi connectivity index (χ1v) is 8.68. The van der Waals surface area contributed by atoms with Crippen LogP contribution < -0.4 is 15.4 Å². The van der Waals surface area contributed by atoms with E-state index in [9.17, 15) is 4.39 Å². The van der Waals surface area contributed by atoms with Crippen molar-refractivity contribution < 1.29 is 9.13 Å². The van der Waals surface area contributed by atoms with Crippen molar-refractivity contribution >= 4 is 29.9 Å². The number of halogens is 2. The maximum Gasteiger partial charge on any atom is 0.191 e. The molecule has 0 amide bonds. The first kappa shape index (κ1) is 22.0. The summed E-state index contributed by atoms with van der Waals surface area (Å²) >= 11 is 0. The Morgan fingerprint density at radius 1 is 1.36 bits per heavy atom. The highest BCUT2D eigenvalue weighted by molar-refractivity contribution is 14.0. The number of nitrogens with one attached hydrogen (secondary N) is 2. The number of hydrogen-bond acceptors (Lipinski definition) is 3. The van der Waals surface area contributed by atoms with Gasteiger partial charge in [-0.15, -0.1) is 24.0 Å². The minimum Gasteiger partial charge on any atom is -0.494 e. The number of methoxy groups -OCH3 is 1. The number of rotatable bonds is 6. The predicted molar refractivity (Wildman–Crippen MR) is 111 cm³/mol. The summed E-state index contributed by atoms with van der Waals surface area (Å²) < 4.78 is 18.7. The van der Waals surface area contributed by atoms with Crippen LogP contribution in [0.5, 0.6) is 5.75 Å². The van der Waals surface area contributed by atoms with E-state index in [1.807, 2.05) is 6.07 Å². The van der Waals surface area contributed by atoms with Gasteiger partial charge in [0.05, 0.1) is 7.11 Å². The molecule has 5 nitrogen and oxygen atoms in total. The van der Waals surface area contributed by atoms with Crippen molar-refractivity contribution in [3.05, 3.63) is 29.6 Å². The first-order valence-electron chi connectivity index (χ1n) is 8.68. The molecule has 2 rings (SSSR count). The molecule has 1 heterocycles. The van der Waals surface area contributed by atoms with E-state index in [0.29, 0.717) is 12.6 Å². The average Bonchev–Trinajstić information content (AvgIpc) is 2.60. The smallest absolute Gasteiger partial charge is 0.191 e. The van der Waals surface area contributed by atoms with Crippen molar-refractivity contribution in [1.29, 1.82) is 0 Å². The Morgan fingerprint density at radius 2 is 2.08 bits per heavy atom. The number of ether oxygens (including phenoxy) is 1. The van der Waals surface area contributed by atoms with E-state index in [0.717, 1.165) is 37.5 Å². The molecule has 1 saturated heterocycles. The van der Waals surface area contributed by atoms with Gasteiger partial charge in [-0.2, -0.15) is 0 Å². The molecule has 0 saturated carbocycles. The number of nitrogens with zero attached hydrogens (tertiary/aromatic N) is 2. The molecular formula is C18H30FIN4O. The van der Waals surface area contributed by atoms with Crippen LogP contribution in [-0.4, -0.2) is 50.7 Å². The summed E-state index contributed by atoms with van der Waals surface area (Å²) in [6.07, 6.45) is 3.45. The minimum absolute atomic E-state index is 0. The third-order valence-corrected chi connectivity index (χ3v) is 4.37.